The van der Waals surface area contributed by atoms with E-state index < -0.39 is 0 Å². The van der Waals surface area contributed by atoms with Crippen molar-refractivity contribution < 1.29 is 0 Å². The molecule has 0 aromatic carbocycles. The summed E-state index contributed by atoms with van der Waals surface area (Å²) < 4.78 is 0. The van der Waals surface area contributed by atoms with Crippen LogP contribution in [0.25, 0.3) is 0 Å². The predicted octanol–water partition coefficient (Wildman–Crippen LogP) is 2.39. The second-order valence-electron chi connectivity index (χ2n) is 5.52. The Bertz CT molecular complexity index is 259. The molecular formula is C14H27N3. The Morgan fingerprint density at radius 2 is 2.24 bits per heavy atom. The number of nitrogens with zero attached hydrogens (tertiary/aromatic N) is 2. The van der Waals surface area contributed by atoms with Gasteiger partial charge in [0.2, 0.25) is 0 Å². The van der Waals surface area contributed by atoms with Gasteiger partial charge in [0.15, 0.2) is 0 Å². The van der Waals surface area contributed by atoms with E-state index in [1.54, 1.807) is 0 Å². The molecule has 1 rings (SSSR count). The maximum Gasteiger partial charge on any atom is 0.116 e. The average molecular weight is 237 g/mol. The molecule has 0 aliphatic carbocycles. The van der Waals surface area contributed by atoms with E-state index in [1.165, 1.54) is 25.8 Å². The minimum Gasteiger partial charge on any atom is -0.300 e. The Morgan fingerprint density at radius 3 is 2.82 bits per heavy atom. The fraction of sp³-hybridized carbons (Fsp3) is 0.929. The first kappa shape index (κ1) is 14.5. The van der Waals surface area contributed by atoms with Crippen molar-refractivity contribution >= 4 is 0 Å². The molecule has 0 aromatic heterocycles. The van der Waals surface area contributed by atoms with Crippen LogP contribution in [-0.2, 0) is 0 Å². The molecule has 1 fully saturated rings. The summed E-state index contributed by atoms with van der Waals surface area (Å²) >= 11 is 0. The summed E-state index contributed by atoms with van der Waals surface area (Å²) in [7, 11) is 0. The summed E-state index contributed by atoms with van der Waals surface area (Å²) in [6, 6.07) is 2.44. The van der Waals surface area contributed by atoms with E-state index in [9.17, 15) is 5.26 Å². The van der Waals surface area contributed by atoms with Crippen molar-refractivity contribution in [3.8, 4) is 6.07 Å². The van der Waals surface area contributed by atoms with Crippen LogP contribution in [-0.4, -0.2) is 36.6 Å². The standard InChI is InChI=1S/C14H27N3/c1-4-8-16-14(3,11-15)12-17-9-6-7-13(5-2)10-17/h13,16H,4-10,12H2,1-3H3. The first-order valence-electron chi connectivity index (χ1n) is 7.02. The molecule has 0 radical (unpaired) electrons. The minimum absolute atomic E-state index is 0.383. The molecule has 0 bridgehead atoms. The molecule has 0 saturated carbocycles. The number of hydrogen-bond donors (Lipinski definition) is 1. The largest absolute Gasteiger partial charge is 0.300 e. The van der Waals surface area contributed by atoms with Gasteiger partial charge >= 0.3 is 0 Å². The molecule has 1 aliphatic heterocycles. The zero-order chi connectivity index (χ0) is 12.7. The second-order valence-corrected chi connectivity index (χ2v) is 5.52. The van der Waals surface area contributed by atoms with Gasteiger partial charge in [-0.1, -0.05) is 20.3 Å². The Balaban J connectivity index is 2.47. The molecule has 2 atom stereocenters. The number of likely N-dealkylation sites (tertiary alicyclic amines) is 1. The minimum atomic E-state index is -0.383. The van der Waals surface area contributed by atoms with Crippen molar-refractivity contribution in [2.45, 2.75) is 52.0 Å². The first-order valence-corrected chi connectivity index (χ1v) is 7.02. The average Bonchev–Trinajstić information content (AvgIpc) is 2.36. The smallest absolute Gasteiger partial charge is 0.116 e. The molecule has 0 amide bonds. The highest BCUT2D eigenvalue weighted by atomic mass is 15.2. The fourth-order valence-electron chi connectivity index (χ4n) is 2.61. The van der Waals surface area contributed by atoms with Crippen molar-refractivity contribution in [3.63, 3.8) is 0 Å². The molecule has 3 nitrogen and oxygen atoms in total. The Hall–Kier alpha value is -0.590. The van der Waals surface area contributed by atoms with Crippen LogP contribution >= 0.6 is 0 Å². The van der Waals surface area contributed by atoms with Crippen LogP contribution in [0.4, 0.5) is 0 Å². The molecule has 1 aliphatic rings. The number of piperidine rings is 1. The maximum atomic E-state index is 9.33. The highest BCUT2D eigenvalue weighted by Crippen LogP contribution is 2.20. The Morgan fingerprint density at radius 1 is 1.47 bits per heavy atom. The van der Waals surface area contributed by atoms with Crippen LogP contribution in [0.2, 0.25) is 0 Å². The summed E-state index contributed by atoms with van der Waals surface area (Å²) in [6.07, 6.45) is 4.99. The quantitative estimate of drug-likeness (QED) is 0.771. The van der Waals surface area contributed by atoms with E-state index in [4.69, 9.17) is 0 Å². The SMILES string of the molecule is CCCNC(C)(C#N)CN1CCCC(CC)C1. The monoisotopic (exact) mass is 237 g/mol. The number of nitriles is 1. The van der Waals surface area contributed by atoms with Gasteiger partial charge < -0.3 is 4.90 Å². The lowest BCUT2D eigenvalue weighted by Crippen LogP contribution is -2.52. The van der Waals surface area contributed by atoms with Crippen molar-refractivity contribution in [3.05, 3.63) is 0 Å². The van der Waals surface area contributed by atoms with Gasteiger partial charge in [-0.05, 0) is 45.2 Å². The molecule has 3 heteroatoms. The summed E-state index contributed by atoms with van der Waals surface area (Å²) in [6.45, 7) is 10.5. The third kappa shape index (κ3) is 4.65. The third-order valence-electron chi connectivity index (χ3n) is 3.73. The number of nitrogens with one attached hydrogen (secondary N) is 1. The zero-order valence-corrected chi connectivity index (χ0v) is 11.6. The lowest BCUT2D eigenvalue weighted by molar-refractivity contribution is 0.144. The van der Waals surface area contributed by atoms with Gasteiger partial charge in [0.25, 0.3) is 0 Å². The van der Waals surface area contributed by atoms with Crippen molar-refractivity contribution in [1.29, 1.82) is 5.26 Å². The molecule has 0 spiro atoms. The molecule has 2 unspecified atom stereocenters. The second kappa shape index (κ2) is 6.98. The summed E-state index contributed by atoms with van der Waals surface area (Å²) in [5, 5.41) is 12.7. The van der Waals surface area contributed by atoms with Crippen LogP contribution < -0.4 is 5.32 Å². The highest BCUT2D eigenvalue weighted by molar-refractivity contribution is 5.06. The molecule has 17 heavy (non-hydrogen) atoms. The molecule has 0 aromatic rings. The Kier molecular flexibility index (Phi) is 5.94. The highest BCUT2D eigenvalue weighted by Gasteiger charge is 2.28. The van der Waals surface area contributed by atoms with Crippen LogP contribution in [0, 0.1) is 17.2 Å². The van der Waals surface area contributed by atoms with Gasteiger partial charge in [-0.2, -0.15) is 5.26 Å². The van der Waals surface area contributed by atoms with Gasteiger partial charge in [-0.25, -0.2) is 0 Å². The van der Waals surface area contributed by atoms with Crippen LogP contribution in [0.5, 0.6) is 0 Å². The van der Waals surface area contributed by atoms with E-state index in [0.29, 0.717) is 0 Å². The van der Waals surface area contributed by atoms with Crippen molar-refractivity contribution in [1.82, 2.24) is 10.2 Å². The van der Waals surface area contributed by atoms with Crippen LogP contribution in [0.1, 0.15) is 46.5 Å². The number of hydrogen-bond acceptors (Lipinski definition) is 3. The molecule has 98 valence electrons. The molecular weight excluding hydrogens is 210 g/mol. The van der Waals surface area contributed by atoms with Crippen molar-refractivity contribution in [2.24, 2.45) is 5.92 Å². The third-order valence-corrected chi connectivity index (χ3v) is 3.73. The van der Waals surface area contributed by atoms with Gasteiger partial charge in [-0.3, -0.25) is 5.32 Å². The lowest BCUT2D eigenvalue weighted by Gasteiger charge is -2.36. The van der Waals surface area contributed by atoms with Crippen molar-refractivity contribution in [2.75, 3.05) is 26.2 Å². The van der Waals surface area contributed by atoms with E-state index in [1.807, 2.05) is 6.92 Å². The zero-order valence-electron chi connectivity index (χ0n) is 11.6. The van der Waals surface area contributed by atoms with E-state index in [-0.39, 0.29) is 5.54 Å². The Labute approximate surface area is 106 Å². The fourth-order valence-corrected chi connectivity index (χ4v) is 2.61. The van der Waals surface area contributed by atoms with Gasteiger partial charge in [0, 0.05) is 13.1 Å². The van der Waals surface area contributed by atoms with Crippen LogP contribution in [0.15, 0.2) is 0 Å². The molecule has 1 heterocycles. The van der Waals surface area contributed by atoms with Crippen LogP contribution in [0.3, 0.4) is 0 Å². The summed E-state index contributed by atoms with van der Waals surface area (Å²) in [4.78, 5) is 2.46. The molecule has 1 saturated heterocycles. The van der Waals surface area contributed by atoms with Gasteiger partial charge in [0.05, 0.1) is 6.07 Å². The van der Waals surface area contributed by atoms with E-state index >= 15 is 0 Å². The van der Waals surface area contributed by atoms with E-state index in [2.05, 4.69) is 30.1 Å². The van der Waals surface area contributed by atoms with Gasteiger partial charge in [0.1, 0.15) is 5.54 Å². The molecule has 1 N–H and O–H groups in total. The first-order chi connectivity index (χ1) is 8.13. The maximum absolute atomic E-state index is 9.33. The number of rotatable bonds is 6. The lowest BCUT2D eigenvalue weighted by atomic mass is 9.93. The van der Waals surface area contributed by atoms with E-state index in [0.717, 1.165) is 32.0 Å². The summed E-state index contributed by atoms with van der Waals surface area (Å²) in [5.41, 5.74) is -0.383. The topological polar surface area (TPSA) is 39.1 Å². The summed E-state index contributed by atoms with van der Waals surface area (Å²) in [5.74, 6) is 0.831. The normalized spacial score (nSPS) is 25.2. The van der Waals surface area contributed by atoms with Gasteiger partial charge in [-0.15, -0.1) is 0 Å². The predicted molar refractivity (Wildman–Crippen MR) is 71.8 cm³/mol.